The molecule has 1 unspecified atom stereocenters. The van der Waals surface area contributed by atoms with E-state index < -0.39 is 0 Å². The van der Waals surface area contributed by atoms with Gasteiger partial charge >= 0.3 is 0 Å². The maximum Gasteiger partial charge on any atom is 0.0574 e. The first-order valence-electron chi connectivity index (χ1n) is 3.36. The third-order valence-corrected chi connectivity index (χ3v) is 2.36. The van der Waals surface area contributed by atoms with E-state index in [1.54, 1.807) is 0 Å². The SMILES string of the molecule is N[C@@H]1C[C@H]2CCN1C2. The van der Waals surface area contributed by atoms with Gasteiger partial charge in [0.2, 0.25) is 0 Å². The molecule has 0 spiro atoms. The molecule has 2 aliphatic rings. The van der Waals surface area contributed by atoms with Gasteiger partial charge in [0.1, 0.15) is 0 Å². The smallest absolute Gasteiger partial charge is 0.0574 e. The van der Waals surface area contributed by atoms with Gasteiger partial charge in [-0.2, -0.15) is 0 Å². The van der Waals surface area contributed by atoms with Gasteiger partial charge in [-0.3, -0.25) is 4.90 Å². The Kier molecular flexibility index (Phi) is 0.866. The Morgan fingerprint density at radius 2 is 2.38 bits per heavy atom. The van der Waals surface area contributed by atoms with Gasteiger partial charge in [-0.05, 0) is 25.3 Å². The number of piperidine rings is 1. The number of hydrogen-bond donors (Lipinski definition) is 1. The molecule has 2 saturated heterocycles. The second kappa shape index (κ2) is 1.45. The summed E-state index contributed by atoms with van der Waals surface area (Å²) < 4.78 is 0. The maximum atomic E-state index is 5.75. The molecule has 2 aliphatic heterocycles. The van der Waals surface area contributed by atoms with Crippen LogP contribution in [0.5, 0.6) is 0 Å². The highest BCUT2D eigenvalue weighted by atomic mass is 15.3. The Morgan fingerprint density at radius 3 is 2.62 bits per heavy atom. The fourth-order valence-corrected chi connectivity index (χ4v) is 1.85. The lowest BCUT2D eigenvalue weighted by Crippen LogP contribution is -2.36. The quantitative estimate of drug-likeness (QED) is 0.478. The van der Waals surface area contributed by atoms with Crippen LogP contribution in [0.3, 0.4) is 0 Å². The molecular formula is C6H12N2. The van der Waals surface area contributed by atoms with Crippen LogP contribution < -0.4 is 5.73 Å². The molecular weight excluding hydrogens is 100 g/mol. The summed E-state index contributed by atoms with van der Waals surface area (Å²) in [5.74, 6) is 0.949. The number of nitrogens with zero attached hydrogens (tertiary/aromatic N) is 1. The fraction of sp³-hybridized carbons (Fsp3) is 1.00. The second-order valence-electron chi connectivity index (χ2n) is 2.95. The molecule has 2 heteroatoms. The third kappa shape index (κ3) is 0.501. The minimum atomic E-state index is 0.411. The van der Waals surface area contributed by atoms with Crippen molar-refractivity contribution in [2.45, 2.75) is 19.0 Å². The third-order valence-electron chi connectivity index (χ3n) is 2.36. The molecule has 0 aromatic heterocycles. The van der Waals surface area contributed by atoms with Gasteiger partial charge in [-0.25, -0.2) is 0 Å². The highest BCUT2D eigenvalue weighted by molar-refractivity contribution is 4.88. The van der Waals surface area contributed by atoms with Crippen LogP contribution in [0.1, 0.15) is 12.8 Å². The summed E-state index contributed by atoms with van der Waals surface area (Å²) in [4.78, 5) is 2.38. The van der Waals surface area contributed by atoms with Crippen LogP contribution in [0.4, 0.5) is 0 Å². The van der Waals surface area contributed by atoms with Crippen molar-refractivity contribution in [3.63, 3.8) is 0 Å². The first-order chi connectivity index (χ1) is 3.86. The van der Waals surface area contributed by atoms with E-state index in [-0.39, 0.29) is 0 Å². The molecule has 2 N–H and O–H groups in total. The van der Waals surface area contributed by atoms with Crippen LogP contribution in [0.25, 0.3) is 0 Å². The second-order valence-corrected chi connectivity index (χ2v) is 2.95. The van der Waals surface area contributed by atoms with Crippen molar-refractivity contribution in [3.05, 3.63) is 0 Å². The van der Waals surface area contributed by atoms with Crippen LogP contribution in [0, 0.1) is 5.92 Å². The zero-order valence-corrected chi connectivity index (χ0v) is 5.01. The van der Waals surface area contributed by atoms with Crippen LogP contribution in [0.15, 0.2) is 0 Å². The number of fused-ring (bicyclic) bond motifs is 2. The molecule has 2 fully saturated rings. The fourth-order valence-electron chi connectivity index (χ4n) is 1.85. The van der Waals surface area contributed by atoms with E-state index >= 15 is 0 Å². The molecule has 0 saturated carbocycles. The van der Waals surface area contributed by atoms with Gasteiger partial charge in [0.25, 0.3) is 0 Å². The highest BCUT2D eigenvalue weighted by Gasteiger charge is 2.34. The van der Waals surface area contributed by atoms with Crippen LogP contribution >= 0.6 is 0 Å². The van der Waals surface area contributed by atoms with Crippen molar-refractivity contribution < 1.29 is 0 Å². The molecule has 2 rings (SSSR count). The van der Waals surface area contributed by atoms with Gasteiger partial charge in [-0.1, -0.05) is 0 Å². The van der Waals surface area contributed by atoms with Crippen molar-refractivity contribution in [2.24, 2.45) is 11.7 Å². The normalized spacial score (nSPS) is 52.9. The summed E-state index contributed by atoms with van der Waals surface area (Å²) in [5.41, 5.74) is 5.75. The monoisotopic (exact) mass is 112 g/mol. The summed E-state index contributed by atoms with van der Waals surface area (Å²) in [5, 5.41) is 0. The first kappa shape index (κ1) is 4.77. The lowest BCUT2D eigenvalue weighted by molar-refractivity contribution is 0.268. The summed E-state index contributed by atoms with van der Waals surface area (Å²) >= 11 is 0. The van der Waals surface area contributed by atoms with E-state index in [0.717, 1.165) is 5.92 Å². The van der Waals surface area contributed by atoms with E-state index in [2.05, 4.69) is 4.90 Å². The van der Waals surface area contributed by atoms with Gasteiger partial charge in [0.05, 0.1) is 6.17 Å². The van der Waals surface area contributed by atoms with Crippen molar-refractivity contribution in [3.8, 4) is 0 Å². The van der Waals surface area contributed by atoms with Crippen molar-refractivity contribution >= 4 is 0 Å². The molecule has 8 heavy (non-hydrogen) atoms. The van der Waals surface area contributed by atoms with Crippen molar-refractivity contribution in [2.75, 3.05) is 13.1 Å². The lowest BCUT2D eigenvalue weighted by atomic mass is 10.1. The van der Waals surface area contributed by atoms with Crippen LogP contribution in [-0.4, -0.2) is 24.2 Å². The minimum absolute atomic E-state index is 0.411. The Morgan fingerprint density at radius 1 is 1.50 bits per heavy atom. The summed E-state index contributed by atoms with van der Waals surface area (Å²) in [6.07, 6.45) is 3.06. The van der Waals surface area contributed by atoms with E-state index in [4.69, 9.17) is 5.73 Å². The van der Waals surface area contributed by atoms with Crippen LogP contribution in [-0.2, 0) is 0 Å². The predicted molar refractivity (Wildman–Crippen MR) is 32.3 cm³/mol. The molecule has 2 heterocycles. The zero-order valence-electron chi connectivity index (χ0n) is 5.01. The van der Waals surface area contributed by atoms with E-state index in [9.17, 15) is 0 Å². The molecule has 0 aliphatic carbocycles. The lowest BCUT2D eigenvalue weighted by Gasteiger charge is -2.19. The molecule has 0 radical (unpaired) electrons. The van der Waals surface area contributed by atoms with E-state index in [0.29, 0.717) is 6.17 Å². The molecule has 2 nitrogen and oxygen atoms in total. The average molecular weight is 112 g/mol. The average Bonchev–Trinajstić information content (AvgIpc) is 2.23. The Hall–Kier alpha value is -0.0800. The van der Waals surface area contributed by atoms with Crippen LogP contribution in [0.2, 0.25) is 0 Å². The molecule has 0 aromatic rings. The topological polar surface area (TPSA) is 29.3 Å². The standard InChI is InChI=1S/C6H12N2/c7-6-3-5-1-2-8(6)4-5/h5-6H,1-4,7H2/t5-,6+/m1/s1. The number of hydrogen-bond acceptors (Lipinski definition) is 2. The Bertz CT molecular complexity index is 101. The van der Waals surface area contributed by atoms with Gasteiger partial charge in [-0.15, -0.1) is 0 Å². The minimum Gasteiger partial charge on any atom is -0.316 e. The van der Waals surface area contributed by atoms with Crippen molar-refractivity contribution in [1.29, 1.82) is 0 Å². The van der Waals surface area contributed by atoms with E-state index in [1.165, 1.54) is 25.9 Å². The molecule has 0 aromatic carbocycles. The van der Waals surface area contributed by atoms with Gasteiger partial charge in [0.15, 0.2) is 0 Å². The molecule has 3 atom stereocenters. The van der Waals surface area contributed by atoms with Crippen molar-refractivity contribution in [1.82, 2.24) is 4.90 Å². The first-order valence-corrected chi connectivity index (χ1v) is 3.36. The largest absolute Gasteiger partial charge is 0.316 e. The molecule has 46 valence electrons. The highest BCUT2D eigenvalue weighted by Crippen LogP contribution is 2.29. The number of nitrogens with two attached hydrogens (primary N) is 1. The molecule has 0 amide bonds. The zero-order chi connectivity index (χ0) is 5.56. The van der Waals surface area contributed by atoms with Gasteiger partial charge < -0.3 is 5.73 Å². The summed E-state index contributed by atoms with van der Waals surface area (Å²) in [7, 11) is 0. The van der Waals surface area contributed by atoms with E-state index in [1.807, 2.05) is 0 Å². The molecule has 2 bridgehead atoms. The number of rotatable bonds is 0. The Balaban J connectivity index is 2.11. The van der Waals surface area contributed by atoms with Gasteiger partial charge in [0, 0.05) is 6.54 Å². The Labute approximate surface area is 49.7 Å². The summed E-state index contributed by atoms with van der Waals surface area (Å²) in [6, 6.07) is 0. The predicted octanol–water partition coefficient (Wildman–Crippen LogP) is -0.00320. The summed E-state index contributed by atoms with van der Waals surface area (Å²) in [6.45, 7) is 2.53. The maximum absolute atomic E-state index is 5.75.